The molecule has 8 nitrogen and oxygen atoms in total. The van der Waals surface area contributed by atoms with Gasteiger partial charge in [-0.3, -0.25) is 9.59 Å². The minimum Gasteiger partial charge on any atom is -0.373 e. The maximum Gasteiger partial charge on any atom is 0.282 e. The number of hydrogen-bond donors (Lipinski definition) is 0. The van der Waals surface area contributed by atoms with Crippen LogP contribution >= 0.6 is 0 Å². The number of hydrogen-bond acceptors (Lipinski definition) is 5. The van der Waals surface area contributed by atoms with Gasteiger partial charge >= 0.3 is 0 Å². The van der Waals surface area contributed by atoms with Gasteiger partial charge in [0, 0.05) is 57.7 Å². The molecule has 2 aliphatic heterocycles. The lowest BCUT2D eigenvalue weighted by Crippen LogP contribution is -2.57. The molecule has 0 radical (unpaired) electrons. The summed E-state index contributed by atoms with van der Waals surface area (Å²) >= 11 is 0. The van der Waals surface area contributed by atoms with Crippen LogP contribution in [-0.2, 0) is 26.2 Å². The second kappa shape index (κ2) is 11.1. The van der Waals surface area contributed by atoms with Crippen LogP contribution < -0.4 is 0 Å². The minimum atomic E-state index is -3.58. The molecule has 2 aliphatic rings. The largest absolute Gasteiger partial charge is 0.373 e. The fourth-order valence-electron chi connectivity index (χ4n) is 4.47. The van der Waals surface area contributed by atoms with E-state index in [0.29, 0.717) is 37.7 Å². The average molecular weight is 480 g/mol. The lowest BCUT2D eigenvalue weighted by atomic mass is 9.99. The molecular formula is C24H37N3O5S. The summed E-state index contributed by atoms with van der Waals surface area (Å²) < 4.78 is 34.6. The van der Waals surface area contributed by atoms with Crippen molar-refractivity contribution < 1.29 is 22.7 Å². The SMILES string of the molecule is CC(C)Cc1ccc(C(=O)CCC(=O)N2CCN(S(=O)(=O)N3CC(C)OC(C)C3)CC2)cc1. The number of carbonyl (C=O) groups is 2. The highest BCUT2D eigenvalue weighted by atomic mass is 32.2. The van der Waals surface area contributed by atoms with Crippen molar-refractivity contribution in [3.63, 3.8) is 0 Å². The van der Waals surface area contributed by atoms with Gasteiger partial charge in [0.05, 0.1) is 12.2 Å². The second-order valence-electron chi connectivity index (χ2n) is 9.58. The van der Waals surface area contributed by atoms with Crippen molar-refractivity contribution in [2.75, 3.05) is 39.3 Å². The van der Waals surface area contributed by atoms with E-state index in [4.69, 9.17) is 4.74 Å². The Labute approximate surface area is 198 Å². The first-order valence-corrected chi connectivity index (χ1v) is 13.3. The molecule has 1 amide bonds. The van der Waals surface area contributed by atoms with Gasteiger partial charge in [0.25, 0.3) is 10.2 Å². The number of Topliss-reactive ketones (excluding diaryl/α,β-unsaturated/α-hetero) is 1. The van der Waals surface area contributed by atoms with Gasteiger partial charge in [0.1, 0.15) is 0 Å². The van der Waals surface area contributed by atoms with Crippen LogP contribution in [0.25, 0.3) is 0 Å². The molecule has 0 aromatic heterocycles. The van der Waals surface area contributed by atoms with Crippen molar-refractivity contribution in [2.24, 2.45) is 5.92 Å². The molecule has 3 rings (SSSR count). The minimum absolute atomic E-state index is 0.0452. The van der Waals surface area contributed by atoms with Crippen molar-refractivity contribution in [1.82, 2.24) is 13.5 Å². The van der Waals surface area contributed by atoms with Gasteiger partial charge < -0.3 is 9.64 Å². The zero-order valence-corrected chi connectivity index (χ0v) is 21.0. The van der Waals surface area contributed by atoms with E-state index in [2.05, 4.69) is 13.8 Å². The number of piperazine rings is 1. The molecule has 184 valence electrons. The zero-order chi connectivity index (χ0) is 24.2. The smallest absolute Gasteiger partial charge is 0.282 e. The van der Waals surface area contributed by atoms with Crippen LogP contribution in [0.3, 0.4) is 0 Å². The lowest BCUT2D eigenvalue weighted by molar-refractivity contribution is -0.132. The maximum absolute atomic E-state index is 13.0. The summed E-state index contributed by atoms with van der Waals surface area (Å²) in [4.78, 5) is 26.8. The summed E-state index contributed by atoms with van der Waals surface area (Å²) in [6.45, 7) is 9.94. The van der Waals surface area contributed by atoms with Crippen LogP contribution in [0.5, 0.6) is 0 Å². The number of ether oxygens (including phenoxy) is 1. The molecule has 2 atom stereocenters. The number of rotatable bonds is 8. The van der Waals surface area contributed by atoms with Crippen molar-refractivity contribution >= 4 is 21.9 Å². The van der Waals surface area contributed by atoms with E-state index in [9.17, 15) is 18.0 Å². The van der Waals surface area contributed by atoms with Crippen LogP contribution in [0.1, 0.15) is 56.5 Å². The summed E-state index contributed by atoms with van der Waals surface area (Å²) in [5, 5.41) is 0. The Hall–Kier alpha value is -1.81. The average Bonchev–Trinajstić information content (AvgIpc) is 2.76. The van der Waals surface area contributed by atoms with E-state index in [1.807, 2.05) is 38.1 Å². The van der Waals surface area contributed by atoms with Crippen LogP contribution in [0.15, 0.2) is 24.3 Å². The predicted octanol–water partition coefficient (Wildman–Crippen LogP) is 2.35. The van der Waals surface area contributed by atoms with Gasteiger partial charge in [-0.25, -0.2) is 0 Å². The standard InChI is InChI=1S/C24H37N3O5S/c1-18(2)15-21-5-7-22(8-6-21)23(28)9-10-24(29)25-11-13-26(14-12-25)33(30,31)27-16-19(3)32-20(4)17-27/h5-8,18-20H,9-17H2,1-4H3. The molecule has 2 unspecified atom stereocenters. The topological polar surface area (TPSA) is 87.2 Å². The molecule has 2 saturated heterocycles. The van der Waals surface area contributed by atoms with Gasteiger partial charge in [0.15, 0.2) is 5.78 Å². The molecule has 0 aliphatic carbocycles. The third-order valence-electron chi connectivity index (χ3n) is 6.12. The summed E-state index contributed by atoms with van der Waals surface area (Å²) in [5.74, 6) is 0.405. The Morgan fingerprint density at radius 1 is 0.939 bits per heavy atom. The van der Waals surface area contributed by atoms with E-state index in [1.54, 1.807) is 4.90 Å². The maximum atomic E-state index is 13.0. The first-order chi connectivity index (χ1) is 15.6. The van der Waals surface area contributed by atoms with Crippen molar-refractivity contribution in [3.8, 4) is 0 Å². The summed E-state index contributed by atoms with van der Waals surface area (Å²) in [5.41, 5.74) is 1.83. The molecule has 1 aromatic rings. The van der Waals surface area contributed by atoms with Crippen LogP contribution in [0, 0.1) is 5.92 Å². The van der Waals surface area contributed by atoms with Gasteiger partial charge in [0.2, 0.25) is 5.91 Å². The number of benzene rings is 1. The number of nitrogens with zero attached hydrogens (tertiary/aromatic N) is 3. The quantitative estimate of drug-likeness (QED) is 0.534. The summed E-state index contributed by atoms with van der Waals surface area (Å²) in [7, 11) is -3.58. The van der Waals surface area contributed by atoms with Crippen LogP contribution in [0.4, 0.5) is 0 Å². The lowest BCUT2D eigenvalue weighted by Gasteiger charge is -2.40. The van der Waals surface area contributed by atoms with E-state index >= 15 is 0 Å². The Bertz CT molecular complexity index is 914. The Balaban J connectivity index is 1.47. The van der Waals surface area contributed by atoms with E-state index in [1.165, 1.54) is 14.2 Å². The third kappa shape index (κ3) is 6.85. The fourth-order valence-corrected chi connectivity index (χ4v) is 6.22. The molecule has 0 N–H and O–H groups in total. The molecule has 33 heavy (non-hydrogen) atoms. The number of carbonyl (C=O) groups excluding carboxylic acids is 2. The van der Waals surface area contributed by atoms with Gasteiger partial charge in [-0.15, -0.1) is 0 Å². The molecule has 0 bridgehead atoms. The highest BCUT2D eigenvalue weighted by molar-refractivity contribution is 7.86. The van der Waals surface area contributed by atoms with E-state index in [-0.39, 0.29) is 49.8 Å². The van der Waals surface area contributed by atoms with Gasteiger partial charge in [-0.05, 0) is 31.7 Å². The Kier molecular flexibility index (Phi) is 8.66. The van der Waals surface area contributed by atoms with E-state index < -0.39 is 10.2 Å². The van der Waals surface area contributed by atoms with Crippen molar-refractivity contribution in [3.05, 3.63) is 35.4 Å². The monoisotopic (exact) mass is 479 g/mol. The first kappa shape index (κ1) is 25.8. The van der Waals surface area contributed by atoms with Gasteiger partial charge in [-0.1, -0.05) is 38.1 Å². The third-order valence-corrected chi connectivity index (χ3v) is 8.08. The van der Waals surface area contributed by atoms with Gasteiger partial charge in [-0.2, -0.15) is 17.0 Å². The van der Waals surface area contributed by atoms with E-state index in [0.717, 1.165) is 6.42 Å². The molecule has 2 heterocycles. The normalized spacial score (nSPS) is 23.1. The number of amides is 1. The van der Waals surface area contributed by atoms with Crippen LogP contribution in [-0.4, -0.2) is 85.1 Å². The molecule has 1 aromatic carbocycles. The predicted molar refractivity (Wildman–Crippen MR) is 127 cm³/mol. The summed E-state index contributed by atoms with van der Waals surface area (Å²) in [6, 6.07) is 7.62. The molecule has 9 heteroatoms. The molecule has 0 saturated carbocycles. The number of ketones is 1. The Morgan fingerprint density at radius 3 is 2.06 bits per heavy atom. The van der Waals surface area contributed by atoms with Crippen LogP contribution in [0.2, 0.25) is 0 Å². The molecule has 2 fully saturated rings. The zero-order valence-electron chi connectivity index (χ0n) is 20.2. The highest BCUT2D eigenvalue weighted by Crippen LogP contribution is 2.19. The first-order valence-electron chi connectivity index (χ1n) is 11.9. The van der Waals surface area contributed by atoms with Crippen molar-refractivity contribution in [1.29, 1.82) is 0 Å². The molecular weight excluding hydrogens is 442 g/mol. The molecule has 0 spiro atoms. The highest BCUT2D eigenvalue weighted by Gasteiger charge is 2.37. The fraction of sp³-hybridized carbons (Fsp3) is 0.667. The van der Waals surface area contributed by atoms with Crippen molar-refractivity contribution in [2.45, 2.75) is 59.2 Å². The second-order valence-corrected chi connectivity index (χ2v) is 11.5. The number of morpholine rings is 1. The summed E-state index contributed by atoms with van der Waals surface area (Å²) in [6.07, 6.45) is 0.978. The Morgan fingerprint density at radius 2 is 1.52 bits per heavy atom.